The number of nitrogens with zero attached hydrogens (tertiary/aromatic N) is 6. The summed E-state index contributed by atoms with van der Waals surface area (Å²) in [6, 6.07) is 17.5. The summed E-state index contributed by atoms with van der Waals surface area (Å²) in [5, 5.41) is 25.6. The number of aliphatic hydroxyl groups excluding tert-OH is 2. The molecule has 71 heavy (non-hydrogen) atoms. The fraction of sp³-hybridized carbons (Fsp3) is 0.200. The number of imidazole rings is 2. The second-order valence-corrected chi connectivity index (χ2v) is 15.9. The molecule has 4 heterocycles. The van der Waals surface area contributed by atoms with E-state index < -0.39 is 77.8 Å². The Morgan fingerprint density at radius 2 is 1.06 bits per heavy atom. The Hall–Kier alpha value is -8.17. The summed E-state index contributed by atoms with van der Waals surface area (Å²) >= 11 is 0. The molecular weight excluding hydrogens is 942 g/mol. The van der Waals surface area contributed by atoms with Crippen LogP contribution in [-0.4, -0.2) is 65.9 Å². The highest BCUT2D eigenvalue weighted by atomic mass is 19.3. The van der Waals surface area contributed by atoms with Gasteiger partial charge in [-0.1, -0.05) is 18.2 Å². The maximum atomic E-state index is 14.4. The zero-order valence-electron chi connectivity index (χ0n) is 38.2. The standard InChI is InChI=1S/C25H22F4N4O3.C25H23F3N4O3/c1-14-10-32(13-30-14)21-6-4-17(9-23(21)36-2)31-20-7-15(24(28)29)11-33(25(20)35)22(12-34)18-5-3-16(26)8-19(18)27;1-15-11-31(14-29-15)21-7-6-19(10-23(21)35-2)30-20-9-17(24(27)28)12-32(25(20)34)22(13-33)16-4-3-5-18(26)8-16/h3-11,13,22,24,31,34H,12H2,1-2H3;3-12,14,22,24,30,33H,13H2,1-2H3/t2*22-/m00/s1. The topological polar surface area (TPSA) is 163 Å². The second kappa shape index (κ2) is 22.1. The van der Waals surface area contributed by atoms with Gasteiger partial charge in [-0.25, -0.2) is 40.7 Å². The molecule has 4 N–H and O–H groups in total. The number of benzene rings is 4. The van der Waals surface area contributed by atoms with Crippen LogP contribution in [0.2, 0.25) is 0 Å². The highest BCUT2D eigenvalue weighted by molar-refractivity contribution is 5.66. The van der Waals surface area contributed by atoms with E-state index in [1.807, 2.05) is 20.0 Å². The quantitative estimate of drug-likeness (QED) is 0.0686. The molecule has 2 atom stereocenters. The van der Waals surface area contributed by atoms with Crippen molar-refractivity contribution in [2.45, 2.75) is 38.8 Å². The molecule has 4 aromatic heterocycles. The monoisotopic (exact) mass is 986 g/mol. The van der Waals surface area contributed by atoms with Crippen LogP contribution in [0.25, 0.3) is 11.4 Å². The van der Waals surface area contributed by atoms with Crippen molar-refractivity contribution in [3.8, 4) is 22.9 Å². The molecule has 0 saturated carbocycles. The Balaban J connectivity index is 0.000000209. The van der Waals surface area contributed by atoms with Crippen molar-refractivity contribution in [3.63, 3.8) is 0 Å². The van der Waals surface area contributed by atoms with Crippen LogP contribution in [-0.2, 0) is 0 Å². The highest BCUT2D eigenvalue weighted by Crippen LogP contribution is 2.32. The van der Waals surface area contributed by atoms with Gasteiger partial charge in [0.05, 0.1) is 74.9 Å². The Morgan fingerprint density at radius 3 is 1.46 bits per heavy atom. The van der Waals surface area contributed by atoms with E-state index >= 15 is 0 Å². The van der Waals surface area contributed by atoms with E-state index in [-0.39, 0.29) is 22.5 Å². The van der Waals surface area contributed by atoms with Gasteiger partial charge >= 0.3 is 0 Å². The van der Waals surface area contributed by atoms with Crippen LogP contribution in [0.5, 0.6) is 11.5 Å². The molecule has 8 aromatic rings. The van der Waals surface area contributed by atoms with E-state index in [0.717, 1.165) is 63.2 Å². The molecule has 4 aromatic carbocycles. The van der Waals surface area contributed by atoms with Crippen LogP contribution in [0.4, 0.5) is 53.5 Å². The fourth-order valence-corrected chi connectivity index (χ4v) is 7.66. The lowest BCUT2D eigenvalue weighted by molar-refractivity contribution is 0.149. The largest absolute Gasteiger partial charge is 0.494 e. The molecule has 0 unspecified atom stereocenters. The van der Waals surface area contributed by atoms with Gasteiger partial charge in [0.25, 0.3) is 24.0 Å². The van der Waals surface area contributed by atoms with Gasteiger partial charge in [0, 0.05) is 71.1 Å². The van der Waals surface area contributed by atoms with Gasteiger partial charge in [-0.3, -0.25) is 9.59 Å². The first-order chi connectivity index (χ1) is 34.0. The lowest BCUT2D eigenvalue weighted by atomic mass is 10.1. The SMILES string of the molecule is COc1cc(Nc2cc(C(F)F)cn([C@@H](CO)c3ccc(F)cc3F)c2=O)ccc1-n1cnc(C)c1.COc1cc(Nc2cc(C(F)F)cn([C@@H](CO)c3cccc(F)c3)c2=O)ccc1-n1cnc(C)c1. The number of methoxy groups -OCH3 is 2. The molecular formula is C50H45F7N8O6. The number of hydrogen-bond donors (Lipinski definition) is 4. The Morgan fingerprint density at radius 1 is 0.577 bits per heavy atom. The summed E-state index contributed by atoms with van der Waals surface area (Å²) in [4.78, 5) is 34.9. The van der Waals surface area contributed by atoms with Crippen molar-refractivity contribution in [3.05, 3.63) is 200 Å². The van der Waals surface area contributed by atoms with E-state index in [2.05, 4.69) is 20.6 Å². The molecule has 0 bridgehead atoms. The first-order valence-electron chi connectivity index (χ1n) is 21.4. The summed E-state index contributed by atoms with van der Waals surface area (Å²) in [5.41, 5.74) is 1.01. The summed E-state index contributed by atoms with van der Waals surface area (Å²) < 4.78 is 113. The van der Waals surface area contributed by atoms with Gasteiger partial charge in [-0.15, -0.1) is 0 Å². The zero-order chi connectivity index (χ0) is 51.1. The van der Waals surface area contributed by atoms with Gasteiger partial charge in [0.1, 0.15) is 40.3 Å². The number of anilines is 4. The summed E-state index contributed by atoms with van der Waals surface area (Å²) in [7, 11) is 2.95. The minimum atomic E-state index is -2.96. The number of halogens is 7. The lowest BCUT2D eigenvalue weighted by Crippen LogP contribution is -2.30. The molecule has 0 aliphatic rings. The van der Waals surface area contributed by atoms with Crippen molar-refractivity contribution in [2.24, 2.45) is 0 Å². The molecule has 370 valence electrons. The van der Waals surface area contributed by atoms with Gasteiger partial charge < -0.3 is 48.6 Å². The van der Waals surface area contributed by atoms with Gasteiger partial charge in [-0.2, -0.15) is 0 Å². The first kappa shape index (κ1) is 50.7. The van der Waals surface area contributed by atoms with Gasteiger partial charge in [-0.05, 0) is 74.0 Å². The predicted octanol–water partition coefficient (Wildman–Crippen LogP) is 9.65. The number of aliphatic hydroxyl groups is 2. The normalized spacial score (nSPS) is 12.1. The second-order valence-electron chi connectivity index (χ2n) is 15.9. The van der Waals surface area contributed by atoms with Gasteiger partial charge in [0.15, 0.2) is 0 Å². The van der Waals surface area contributed by atoms with Gasteiger partial charge in [0.2, 0.25) is 0 Å². The van der Waals surface area contributed by atoms with Crippen molar-refractivity contribution in [2.75, 3.05) is 38.1 Å². The van der Waals surface area contributed by atoms with Crippen LogP contribution in [0.15, 0.2) is 138 Å². The van der Waals surface area contributed by atoms with Crippen molar-refractivity contribution >= 4 is 22.7 Å². The number of rotatable bonds is 16. The third-order valence-electron chi connectivity index (χ3n) is 11.1. The van der Waals surface area contributed by atoms with E-state index in [4.69, 9.17) is 9.47 Å². The number of aryl methyl sites for hydroxylation is 2. The minimum Gasteiger partial charge on any atom is -0.494 e. The maximum absolute atomic E-state index is 14.4. The zero-order valence-corrected chi connectivity index (χ0v) is 38.2. The molecule has 0 amide bonds. The molecule has 0 radical (unpaired) electrons. The molecule has 8 rings (SSSR count). The average molecular weight is 987 g/mol. The van der Waals surface area contributed by atoms with Crippen LogP contribution in [0, 0.1) is 31.3 Å². The maximum Gasteiger partial charge on any atom is 0.274 e. The van der Waals surface area contributed by atoms with Crippen LogP contribution < -0.4 is 31.2 Å². The molecule has 0 spiro atoms. The smallest absolute Gasteiger partial charge is 0.274 e. The third-order valence-corrected chi connectivity index (χ3v) is 11.1. The molecule has 0 fully saturated rings. The molecule has 0 aliphatic carbocycles. The third kappa shape index (κ3) is 11.5. The highest BCUT2D eigenvalue weighted by Gasteiger charge is 2.24. The van der Waals surface area contributed by atoms with Crippen LogP contribution >= 0.6 is 0 Å². The predicted molar refractivity (Wildman–Crippen MR) is 251 cm³/mol. The molecule has 0 saturated heterocycles. The molecule has 0 aliphatic heterocycles. The first-order valence-corrected chi connectivity index (χ1v) is 21.4. The van der Waals surface area contributed by atoms with E-state index in [1.54, 1.807) is 64.4 Å². The summed E-state index contributed by atoms with van der Waals surface area (Å²) in [6.07, 6.45) is 2.84. The number of aromatic nitrogens is 6. The number of nitrogens with one attached hydrogen (secondary N) is 2. The molecule has 21 heteroatoms. The van der Waals surface area contributed by atoms with Crippen LogP contribution in [0.1, 0.15) is 58.6 Å². The number of pyridine rings is 2. The summed E-state index contributed by atoms with van der Waals surface area (Å²) in [6.45, 7) is 2.30. The van der Waals surface area contributed by atoms with E-state index in [9.17, 15) is 50.5 Å². The Kier molecular flexibility index (Phi) is 15.8. The van der Waals surface area contributed by atoms with Crippen molar-refractivity contribution in [1.29, 1.82) is 0 Å². The lowest BCUT2D eigenvalue weighted by Gasteiger charge is -2.21. The minimum absolute atomic E-state index is 0.133. The van der Waals surface area contributed by atoms with Crippen molar-refractivity contribution < 1.29 is 50.4 Å². The van der Waals surface area contributed by atoms with Crippen molar-refractivity contribution in [1.82, 2.24) is 28.2 Å². The van der Waals surface area contributed by atoms with E-state index in [0.29, 0.717) is 40.3 Å². The van der Waals surface area contributed by atoms with Crippen LogP contribution in [0.3, 0.4) is 0 Å². The van der Waals surface area contributed by atoms with E-state index in [1.165, 1.54) is 32.4 Å². The number of hydrogen-bond acceptors (Lipinski definition) is 10. The fourth-order valence-electron chi connectivity index (χ4n) is 7.66. The number of ether oxygens (including phenoxy) is 2. The average Bonchev–Trinajstić information content (AvgIpc) is 3.99. The summed E-state index contributed by atoms with van der Waals surface area (Å²) in [5.74, 6) is -1.56. The number of alkyl halides is 4. The Labute approximate surface area is 400 Å². The Bertz CT molecular complexity index is 3280. The molecule has 14 nitrogen and oxygen atoms in total.